The summed E-state index contributed by atoms with van der Waals surface area (Å²) in [5, 5.41) is 9.39. The van der Waals surface area contributed by atoms with Gasteiger partial charge in [-0.1, -0.05) is 6.07 Å². The highest BCUT2D eigenvalue weighted by Crippen LogP contribution is 2.36. The quantitative estimate of drug-likeness (QED) is 0.754. The fraction of sp³-hybridized carbons (Fsp3) is 0.235. The number of nitrogen functional groups attached to an aromatic ring is 1. The predicted molar refractivity (Wildman–Crippen MR) is 89.0 cm³/mol. The first kappa shape index (κ1) is 17.5. The van der Waals surface area contributed by atoms with Gasteiger partial charge in [-0.25, -0.2) is 9.97 Å². The molecule has 0 fully saturated rings. The fourth-order valence-electron chi connectivity index (χ4n) is 2.91. The molecule has 0 unspecified atom stereocenters. The Morgan fingerprint density at radius 3 is 2.54 bits per heavy atom. The Morgan fingerprint density at radius 1 is 1.27 bits per heavy atom. The first-order valence-corrected chi connectivity index (χ1v) is 7.49. The zero-order valence-electron chi connectivity index (χ0n) is 14.1. The van der Waals surface area contributed by atoms with Crippen molar-refractivity contribution in [3.63, 3.8) is 0 Å². The molecule has 3 rings (SSSR count). The number of methoxy groups -OCH3 is 1. The summed E-state index contributed by atoms with van der Waals surface area (Å²) < 4.78 is 45.9. The lowest BCUT2D eigenvalue weighted by Crippen LogP contribution is -2.11. The Balaban J connectivity index is 2.48. The molecule has 134 valence electrons. The van der Waals surface area contributed by atoms with Gasteiger partial charge in [0.05, 0.1) is 19.0 Å². The first-order valence-electron chi connectivity index (χ1n) is 7.49. The second kappa shape index (κ2) is 5.91. The highest BCUT2D eigenvalue weighted by Gasteiger charge is 2.34. The molecule has 9 heteroatoms. The van der Waals surface area contributed by atoms with Gasteiger partial charge >= 0.3 is 6.18 Å². The van der Waals surface area contributed by atoms with E-state index in [1.165, 1.54) is 11.7 Å². The van der Waals surface area contributed by atoms with Crippen LogP contribution in [-0.4, -0.2) is 21.6 Å². The van der Waals surface area contributed by atoms with Gasteiger partial charge in [0.15, 0.2) is 11.3 Å². The molecule has 0 saturated carbocycles. The number of rotatable bonds is 2. The summed E-state index contributed by atoms with van der Waals surface area (Å²) in [5.41, 5.74) is 6.67. The molecule has 6 nitrogen and oxygen atoms in total. The van der Waals surface area contributed by atoms with Gasteiger partial charge in [0, 0.05) is 5.56 Å². The molecule has 0 atom stereocenters. The largest absolute Gasteiger partial charge is 0.496 e. The minimum absolute atomic E-state index is 0.0135. The average Bonchev–Trinajstić information content (AvgIpc) is 2.85. The third-order valence-corrected chi connectivity index (χ3v) is 4.13. The summed E-state index contributed by atoms with van der Waals surface area (Å²) in [6.45, 7) is 3.53. The SMILES string of the molecule is COc1ccc(C)c(-n2c(N)c(C#N)c3ncc(C(F)(F)F)nc32)c1C. The molecule has 1 aromatic carbocycles. The van der Waals surface area contributed by atoms with Gasteiger partial charge < -0.3 is 10.5 Å². The van der Waals surface area contributed by atoms with Crippen LogP contribution in [0.5, 0.6) is 5.75 Å². The van der Waals surface area contributed by atoms with Crippen molar-refractivity contribution in [3.8, 4) is 17.5 Å². The van der Waals surface area contributed by atoms with Crippen LogP contribution in [0.1, 0.15) is 22.4 Å². The van der Waals surface area contributed by atoms with E-state index in [2.05, 4.69) is 9.97 Å². The van der Waals surface area contributed by atoms with E-state index in [9.17, 15) is 18.4 Å². The Kier molecular flexibility index (Phi) is 3.99. The Bertz CT molecular complexity index is 1060. The molecule has 0 aliphatic carbocycles. The summed E-state index contributed by atoms with van der Waals surface area (Å²) in [5.74, 6) is 0.506. The molecular weight excluding hydrogens is 347 g/mol. The van der Waals surface area contributed by atoms with Crippen molar-refractivity contribution in [2.75, 3.05) is 12.8 Å². The standard InChI is InChI=1S/C17H14F3N5O/c1-8-4-5-11(26-3)9(2)14(8)25-15(22)10(6-21)13-16(25)24-12(7-23-13)17(18,19)20/h4-5,7H,22H2,1-3H3. The maximum atomic E-state index is 13.1. The molecule has 2 heterocycles. The number of nitriles is 1. The van der Waals surface area contributed by atoms with Crippen molar-refractivity contribution >= 4 is 17.0 Å². The maximum Gasteiger partial charge on any atom is 0.434 e. The molecule has 26 heavy (non-hydrogen) atoms. The molecule has 0 amide bonds. The number of benzene rings is 1. The molecule has 0 saturated heterocycles. The number of hydrogen-bond donors (Lipinski definition) is 1. The smallest absolute Gasteiger partial charge is 0.434 e. The van der Waals surface area contributed by atoms with E-state index in [0.717, 1.165) is 5.56 Å². The Hall–Kier alpha value is -3.28. The third kappa shape index (κ3) is 2.50. The van der Waals surface area contributed by atoms with E-state index in [1.807, 2.05) is 6.07 Å². The number of aryl methyl sites for hydroxylation is 1. The number of hydrogen-bond acceptors (Lipinski definition) is 5. The van der Waals surface area contributed by atoms with E-state index in [4.69, 9.17) is 10.5 Å². The van der Waals surface area contributed by atoms with Gasteiger partial charge in [-0.15, -0.1) is 0 Å². The topological polar surface area (TPSA) is 89.8 Å². The van der Waals surface area contributed by atoms with Crippen molar-refractivity contribution in [1.82, 2.24) is 14.5 Å². The van der Waals surface area contributed by atoms with Gasteiger partial charge in [0.25, 0.3) is 0 Å². The van der Waals surface area contributed by atoms with Gasteiger partial charge in [-0.05, 0) is 25.5 Å². The van der Waals surface area contributed by atoms with Crippen LogP contribution in [0.4, 0.5) is 19.0 Å². The summed E-state index contributed by atoms with van der Waals surface area (Å²) in [4.78, 5) is 7.48. The highest BCUT2D eigenvalue weighted by molar-refractivity contribution is 5.89. The Labute approximate surface area is 146 Å². The van der Waals surface area contributed by atoms with Crippen molar-refractivity contribution < 1.29 is 17.9 Å². The van der Waals surface area contributed by atoms with Crippen LogP contribution in [-0.2, 0) is 6.18 Å². The summed E-state index contributed by atoms with van der Waals surface area (Å²) >= 11 is 0. The second-order valence-corrected chi connectivity index (χ2v) is 5.69. The number of nitrogens with two attached hydrogens (primary N) is 1. The molecule has 2 aromatic heterocycles. The van der Waals surface area contributed by atoms with Crippen LogP contribution in [0.3, 0.4) is 0 Å². The Morgan fingerprint density at radius 2 is 1.96 bits per heavy atom. The number of fused-ring (bicyclic) bond motifs is 1. The lowest BCUT2D eigenvalue weighted by Gasteiger charge is -2.16. The highest BCUT2D eigenvalue weighted by atomic mass is 19.4. The molecule has 2 N–H and O–H groups in total. The van der Waals surface area contributed by atoms with Gasteiger partial charge in [0.1, 0.15) is 28.7 Å². The number of ether oxygens (including phenoxy) is 1. The monoisotopic (exact) mass is 361 g/mol. The summed E-state index contributed by atoms with van der Waals surface area (Å²) in [7, 11) is 1.49. The van der Waals surface area contributed by atoms with Crippen molar-refractivity contribution in [1.29, 1.82) is 5.26 Å². The van der Waals surface area contributed by atoms with E-state index in [-0.39, 0.29) is 22.5 Å². The van der Waals surface area contributed by atoms with Crippen LogP contribution in [0.25, 0.3) is 16.9 Å². The van der Waals surface area contributed by atoms with Gasteiger partial charge in [0.2, 0.25) is 0 Å². The average molecular weight is 361 g/mol. The van der Waals surface area contributed by atoms with Crippen LogP contribution >= 0.6 is 0 Å². The molecule has 0 radical (unpaired) electrons. The lowest BCUT2D eigenvalue weighted by atomic mass is 10.1. The summed E-state index contributed by atoms with van der Waals surface area (Å²) in [6.07, 6.45) is -4.07. The van der Waals surface area contributed by atoms with E-state index in [0.29, 0.717) is 23.2 Å². The number of alkyl halides is 3. The van der Waals surface area contributed by atoms with Gasteiger partial charge in [-0.3, -0.25) is 4.57 Å². The van der Waals surface area contributed by atoms with Crippen molar-refractivity contribution in [2.24, 2.45) is 0 Å². The van der Waals surface area contributed by atoms with Crippen molar-refractivity contribution in [3.05, 3.63) is 40.7 Å². The minimum Gasteiger partial charge on any atom is -0.496 e. The molecular formula is C17H14F3N5O. The number of anilines is 1. The van der Waals surface area contributed by atoms with Crippen LogP contribution < -0.4 is 10.5 Å². The first-order chi connectivity index (χ1) is 12.2. The minimum atomic E-state index is -4.67. The van der Waals surface area contributed by atoms with Gasteiger partial charge in [-0.2, -0.15) is 18.4 Å². The molecule has 0 aliphatic rings. The summed E-state index contributed by atoms with van der Waals surface area (Å²) in [6, 6.07) is 5.39. The number of nitrogens with zero attached hydrogens (tertiary/aromatic N) is 4. The molecule has 0 bridgehead atoms. The predicted octanol–water partition coefficient (Wildman–Crippen LogP) is 3.52. The fourth-order valence-corrected chi connectivity index (χ4v) is 2.91. The van der Waals surface area contributed by atoms with E-state index in [1.54, 1.807) is 26.0 Å². The third-order valence-electron chi connectivity index (χ3n) is 4.13. The van der Waals surface area contributed by atoms with Crippen LogP contribution in [0.2, 0.25) is 0 Å². The maximum absolute atomic E-state index is 13.1. The van der Waals surface area contributed by atoms with E-state index >= 15 is 0 Å². The van der Waals surface area contributed by atoms with Crippen molar-refractivity contribution in [2.45, 2.75) is 20.0 Å². The second-order valence-electron chi connectivity index (χ2n) is 5.69. The zero-order chi connectivity index (χ0) is 19.2. The lowest BCUT2D eigenvalue weighted by molar-refractivity contribution is -0.141. The van der Waals surface area contributed by atoms with E-state index < -0.39 is 11.9 Å². The van der Waals surface area contributed by atoms with Crippen LogP contribution in [0.15, 0.2) is 18.3 Å². The molecule has 0 spiro atoms. The number of aromatic nitrogens is 3. The molecule has 0 aliphatic heterocycles. The van der Waals surface area contributed by atoms with Crippen LogP contribution in [0, 0.1) is 25.2 Å². The molecule has 3 aromatic rings. The normalized spacial score (nSPS) is 11.6. The number of halogens is 3. The zero-order valence-corrected chi connectivity index (χ0v) is 14.1.